The number of hydrogen-bond donors (Lipinski definition) is 2. The highest BCUT2D eigenvalue weighted by Gasteiger charge is 2.08. The van der Waals surface area contributed by atoms with E-state index in [1.165, 1.54) is 6.20 Å². The smallest absolute Gasteiger partial charge is 0.257 e. The number of carbonyl (C=O) groups excluding carboxylic acids is 1. The molecule has 1 aromatic heterocycles. The number of hydrogen-bond acceptors (Lipinski definition) is 4. The lowest BCUT2D eigenvalue weighted by Crippen LogP contribution is -2.12. The first-order valence-corrected chi connectivity index (χ1v) is 8.24. The summed E-state index contributed by atoms with van der Waals surface area (Å²) in [5.74, 6) is 0.340. The molecular formula is C20H15ClN4O. The minimum Gasteiger partial charge on any atom is -0.340 e. The normalized spacial score (nSPS) is 10.0. The van der Waals surface area contributed by atoms with E-state index >= 15 is 0 Å². The first-order chi connectivity index (χ1) is 12.5. The second-order valence-electron chi connectivity index (χ2n) is 5.66. The summed E-state index contributed by atoms with van der Waals surface area (Å²) in [5, 5.41) is 15.3. The molecule has 26 heavy (non-hydrogen) atoms. The second kappa shape index (κ2) is 7.68. The molecule has 0 saturated heterocycles. The molecule has 0 unspecified atom stereocenters. The van der Waals surface area contributed by atoms with Gasteiger partial charge in [0.15, 0.2) is 0 Å². The standard InChI is InChI=1S/C20H15ClN4O/c1-13-2-6-17(10-18(13)21)25-20(26)15-5-9-19(23-12-15)24-16-7-3-14(11-22)4-8-16/h2-10,12H,1H3,(H,23,24)(H,25,26). The van der Waals surface area contributed by atoms with Crippen LogP contribution in [0.1, 0.15) is 21.5 Å². The van der Waals surface area contributed by atoms with Crippen molar-refractivity contribution in [3.8, 4) is 6.07 Å². The molecule has 1 heterocycles. The molecular weight excluding hydrogens is 348 g/mol. The summed E-state index contributed by atoms with van der Waals surface area (Å²) in [7, 11) is 0. The van der Waals surface area contributed by atoms with Crippen LogP contribution < -0.4 is 10.6 Å². The van der Waals surface area contributed by atoms with E-state index in [0.717, 1.165) is 11.3 Å². The van der Waals surface area contributed by atoms with Gasteiger partial charge >= 0.3 is 0 Å². The van der Waals surface area contributed by atoms with Crippen molar-refractivity contribution in [1.29, 1.82) is 5.26 Å². The van der Waals surface area contributed by atoms with Gasteiger partial charge in [0.05, 0.1) is 17.2 Å². The number of nitriles is 1. The summed E-state index contributed by atoms with van der Waals surface area (Å²) >= 11 is 6.07. The zero-order chi connectivity index (χ0) is 18.5. The van der Waals surface area contributed by atoms with Gasteiger partial charge in [0.2, 0.25) is 0 Å². The molecule has 0 radical (unpaired) electrons. The van der Waals surface area contributed by atoms with Gasteiger partial charge in [0.1, 0.15) is 5.82 Å². The summed E-state index contributed by atoms with van der Waals surface area (Å²) in [4.78, 5) is 16.6. The number of nitrogens with one attached hydrogen (secondary N) is 2. The summed E-state index contributed by atoms with van der Waals surface area (Å²) < 4.78 is 0. The van der Waals surface area contributed by atoms with E-state index < -0.39 is 0 Å². The van der Waals surface area contributed by atoms with Crippen LogP contribution in [0.15, 0.2) is 60.8 Å². The van der Waals surface area contributed by atoms with Crippen molar-refractivity contribution in [3.63, 3.8) is 0 Å². The average molecular weight is 363 g/mol. The van der Waals surface area contributed by atoms with Crippen LogP contribution in [-0.2, 0) is 0 Å². The van der Waals surface area contributed by atoms with Crippen molar-refractivity contribution in [2.24, 2.45) is 0 Å². The van der Waals surface area contributed by atoms with Crippen LogP contribution in [-0.4, -0.2) is 10.9 Å². The first kappa shape index (κ1) is 17.5. The fourth-order valence-corrected chi connectivity index (χ4v) is 2.43. The van der Waals surface area contributed by atoms with Crippen LogP contribution in [0, 0.1) is 18.3 Å². The molecule has 3 rings (SSSR count). The molecule has 0 aliphatic rings. The highest BCUT2D eigenvalue weighted by atomic mass is 35.5. The summed E-state index contributed by atoms with van der Waals surface area (Å²) in [6, 6.07) is 17.9. The minimum absolute atomic E-state index is 0.262. The van der Waals surface area contributed by atoms with Crippen molar-refractivity contribution < 1.29 is 4.79 Å². The Bertz CT molecular complexity index is 976. The molecule has 5 nitrogen and oxygen atoms in total. The third-order valence-electron chi connectivity index (χ3n) is 3.74. The predicted octanol–water partition coefficient (Wildman–Crippen LogP) is 4.91. The first-order valence-electron chi connectivity index (χ1n) is 7.86. The maximum atomic E-state index is 12.3. The number of benzene rings is 2. The number of nitrogens with zero attached hydrogens (tertiary/aromatic N) is 2. The number of aromatic nitrogens is 1. The third-order valence-corrected chi connectivity index (χ3v) is 4.15. The fourth-order valence-electron chi connectivity index (χ4n) is 2.25. The molecule has 128 valence electrons. The van der Waals surface area contributed by atoms with E-state index in [0.29, 0.717) is 27.7 Å². The number of anilines is 3. The van der Waals surface area contributed by atoms with E-state index in [4.69, 9.17) is 16.9 Å². The van der Waals surface area contributed by atoms with Crippen LogP contribution in [0.4, 0.5) is 17.2 Å². The van der Waals surface area contributed by atoms with Crippen molar-refractivity contribution in [1.82, 2.24) is 4.98 Å². The van der Waals surface area contributed by atoms with E-state index in [9.17, 15) is 4.79 Å². The van der Waals surface area contributed by atoms with E-state index in [1.807, 2.05) is 13.0 Å². The Kier molecular flexibility index (Phi) is 5.16. The lowest BCUT2D eigenvalue weighted by Gasteiger charge is -2.08. The molecule has 0 saturated carbocycles. The number of rotatable bonds is 4. The number of pyridine rings is 1. The van der Waals surface area contributed by atoms with Gasteiger partial charge in [-0.25, -0.2) is 4.98 Å². The Morgan fingerprint density at radius 3 is 2.42 bits per heavy atom. The Balaban J connectivity index is 1.67. The average Bonchev–Trinajstić information content (AvgIpc) is 2.66. The molecule has 0 aliphatic heterocycles. The second-order valence-corrected chi connectivity index (χ2v) is 6.07. The van der Waals surface area contributed by atoms with Gasteiger partial charge in [0, 0.05) is 22.6 Å². The Morgan fingerprint density at radius 2 is 1.81 bits per heavy atom. The zero-order valence-electron chi connectivity index (χ0n) is 14.0. The van der Waals surface area contributed by atoms with Gasteiger partial charge in [-0.2, -0.15) is 5.26 Å². The molecule has 0 atom stereocenters. The fraction of sp³-hybridized carbons (Fsp3) is 0.0500. The van der Waals surface area contributed by atoms with Crippen molar-refractivity contribution in [2.75, 3.05) is 10.6 Å². The zero-order valence-corrected chi connectivity index (χ0v) is 14.7. The molecule has 0 aliphatic carbocycles. The number of aryl methyl sites for hydroxylation is 1. The van der Waals surface area contributed by atoms with Crippen LogP contribution >= 0.6 is 11.6 Å². The molecule has 0 bridgehead atoms. The van der Waals surface area contributed by atoms with Crippen LogP contribution in [0.25, 0.3) is 0 Å². The lowest BCUT2D eigenvalue weighted by atomic mass is 10.2. The highest BCUT2D eigenvalue weighted by Crippen LogP contribution is 2.21. The van der Waals surface area contributed by atoms with Crippen molar-refractivity contribution in [3.05, 3.63) is 82.5 Å². The SMILES string of the molecule is Cc1ccc(NC(=O)c2ccc(Nc3ccc(C#N)cc3)nc2)cc1Cl. The van der Waals surface area contributed by atoms with Gasteiger partial charge in [-0.3, -0.25) is 4.79 Å². The van der Waals surface area contributed by atoms with Crippen molar-refractivity contribution >= 4 is 34.7 Å². The molecule has 0 fully saturated rings. The molecule has 3 aromatic rings. The third kappa shape index (κ3) is 4.18. The van der Waals surface area contributed by atoms with Gasteiger partial charge in [-0.15, -0.1) is 0 Å². The van der Waals surface area contributed by atoms with E-state index in [-0.39, 0.29) is 5.91 Å². The van der Waals surface area contributed by atoms with Crippen LogP contribution in [0.5, 0.6) is 0 Å². The maximum Gasteiger partial charge on any atom is 0.257 e. The lowest BCUT2D eigenvalue weighted by molar-refractivity contribution is 0.102. The van der Waals surface area contributed by atoms with Gasteiger partial charge < -0.3 is 10.6 Å². The predicted molar refractivity (Wildman–Crippen MR) is 103 cm³/mol. The Morgan fingerprint density at radius 1 is 1.08 bits per heavy atom. The van der Waals surface area contributed by atoms with Gasteiger partial charge in [-0.05, 0) is 61.0 Å². The molecule has 2 N–H and O–H groups in total. The van der Waals surface area contributed by atoms with Crippen LogP contribution in [0.3, 0.4) is 0 Å². The largest absolute Gasteiger partial charge is 0.340 e. The number of halogens is 1. The Hall–Kier alpha value is -3.36. The molecule has 1 amide bonds. The summed E-state index contributed by atoms with van der Waals surface area (Å²) in [6.07, 6.45) is 1.50. The quantitative estimate of drug-likeness (QED) is 0.691. The maximum absolute atomic E-state index is 12.3. The van der Waals surface area contributed by atoms with Crippen LogP contribution in [0.2, 0.25) is 5.02 Å². The van der Waals surface area contributed by atoms with Gasteiger partial charge in [-0.1, -0.05) is 17.7 Å². The Labute approximate surface area is 156 Å². The molecule has 6 heteroatoms. The van der Waals surface area contributed by atoms with Crippen molar-refractivity contribution in [2.45, 2.75) is 6.92 Å². The summed E-state index contributed by atoms with van der Waals surface area (Å²) in [5.41, 5.74) is 3.41. The summed E-state index contributed by atoms with van der Waals surface area (Å²) in [6.45, 7) is 1.90. The number of amides is 1. The monoisotopic (exact) mass is 362 g/mol. The van der Waals surface area contributed by atoms with E-state index in [1.54, 1.807) is 48.5 Å². The topological polar surface area (TPSA) is 77.8 Å². The minimum atomic E-state index is -0.262. The van der Waals surface area contributed by atoms with E-state index in [2.05, 4.69) is 21.7 Å². The highest BCUT2D eigenvalue weighted by molar-refractivity contribution is 6.31. The number of carbonyl (C=O) groups is 1. The molecule has 2 aromatic carbocycles. The van der Waals surface area contributed by atoms with Gasteiger partial charge in [0.25, 0.3) is 5.91 Å². The molecule has 0 spiro atoms.